The number of hydrogen-bond acceptors (Lipinski definition) is 5. The van der Waals surface area contributed by atoms with Gasteiger partial charge in [0, 0.05) is 18.4 Å². The smallest absolute Gasteiger partial charge is 0.430 e. The zero-order valence-corrected chi connectivity index (χ0v) is 31.4. The van der Waals surface area contributed by atoms with Crippen molar-refractivity contribution in [1.82, 2.24) is 0 Å². The number of ether oxygens (including phenoxy) is 1. The molecule has 1 aromatic carbocycles. The highest BCUT2D eigenvalue weighted by Crippen LogP contribution is 2.56. The van der Waals surface area contributed by atoms with E-state index in [-0.39, 0.29) is 25.0 Å². The molecule has 0 saturated carbocycles. The third-order valence-corrected chi connectivity index (χ3v) is 9.72. The molecule has 29 heteroatoms. The van der Waals surface area contributed by atoms with E-state index in [9.17, 15) is 115 Å². The van der Waals surface area contributed by atoms with Gasteiger partial charge in [-0.1, -0.05) is 39.0 Å². The number of benzene rings is 1. The lowest BCUT2D eigenvalue weighted by molar-refractivity contribution is -0.386. The summed E-state index contributed by atoms with van der Waals surface area (Å²) in [6.07, 6.45) is -61.5. The molecule has 0 fully saturated rings. The van der Waals surface area contributed by atoms with Crippen molar-refractivity contribution in [2.75, 3.05) is 0 Å². The number of hydrogen-bond donors (Lipinski definition) is 3. The fourth-order valence-corrected chi connectivity index (χ4v) is 4.70. The molecule has 0 bridgehead atoms. The van der Waals surface area contributed by atoms with Gasteiger partial charge in [0.2, 0.25) is 0 Å². The number of carbonyl (C=O) groups is 1. The van der Waals surface area contributed by atoms with Crippen molar-refractivity contribution in [2.45, 2.75) is 151 Å². The maximum absolute atomic E-state index is 13.4. The largest absolute Gasteiger partial charge is 0.462 e. The van der Waals surface area contributed by atoms with Gasteiger partial charge in [0.1, 0.15) is 6.10 Å². The van der Waals surface area contributed by atoms with Crippen molar-refractivity contribution in [3.63, 3.8) is 0 Å². The number of esters is 1. The quantitative estimate of drug-likeness (QED) is 0.152. The van der Waals surface area contributed by atoms with E-state index in [1.165, 1.54) is 20.8 Å². The van der Waals surface area contributed by atoms with Crippen LogP contribution in [0.1, 0.15) is 89.8 Å². The molecule has 1 rings (SSSR count). The van der Waals surface area contributed by atoms with Gasteiger partial charge in [0.05, 0.1) is 5.41 Å². The van der Waals surface area contributed by atoms with E-state index in [4.69, 9.17) is 10.2 Å². The van der Waals surface area contributed by atoms with E-state index in [1.807, 2.05) is 0 Å². The molecular formula is C32H34F24O5. The van der Waals surface area contributed by atoms with Crippen molar-refractivity contribution in [1.29, 1.82) is 0 Å². The maximum atomic E-state index is 13.4. The summed E-state index contributed by atoms with van der Waals surface area (Å²) in [7, 11) is 0. The molecule has 3 N–H and O–H groups in total. The minimum atomic E-state index is -6.63. The summed E-state index contributed by atoms with van der Waals surface area (Å²) in [5.74, 6) is -2.77. The van der Waals surface area contributed by atoms with Gasteiger partial charge in [-0.05, 0) is 50.7 Å². The first-order chi connectivity index (χ1) is 26.3. The van der Waals surface area contributed by atoms with Crippen LogP contribution >= 0.6 is 0 Å². The molecule has 0 aliphatic heterocycles. The van der Waals surface area contributed by atoms with Gasteiger partial charge in [-0.25, -0.2) is 0 Å². The Labute approximate surface area is 328 Å². The Morgan fingerprint density at radius 2 is 0.836 bits per heavy atom. The number of rotatable bonds is 11. The summed E-state index contributed by atoms with van der Waals surface area (Å²) < 4.78 is 318. The van der Waals surface area contributed by atoms with Crippen LogP contribution in [0.2, 0.25) is 0 Å². The fraction of sp³-hybridized carbons (Fsp3) is 0.781. The van der Waals surface area contributed by atoms with Gasteiger partial charge < -0.3 is 20.1 Å². The summed E-state index contributed by atoms with van der Waals surface area (Å²) in [6, 6.07) is -0.175. The van der Waals surface area contributed by atoms with Crippen LogP contribution in [0, 0.1) is 5.41 Å². The number of aliphatic hydroxyl groups is 3. The molecule has 0 heterocycles. The van der Waals surface area contributed by atoms with Gasteiger partial charge in [-0.15, -0.1) is 0 Å². The lowest BCUT2D eigenvalue weighted by Crippen LogP contribution is -2.62. The summed E-state index contributed by atoms with van der Waals surface area (Å²) in [4.78, 5) is 12.0. The Morgan fingerprint density at radius 3 is 1.08 bits per heavy atom. The zero-order chi connectivity index (χ0) is 49.6. The minimum absolute atomic E-state index is 0.0336. The summed E-state index contributed by atoms with van der Waals surface area (Å²) in [5, 5.41) is 27.8. The third-order valence-electron chi connectivity index (χ3n) is 9.72. The molecule has 0 spiro atoms. The number of alkyl halides is 24. The van der Waals surface area contributed by atoms with Crippen LogP contribution in [0.3, 0.4) is 0 Å². The zero-order valence-electron chi connectivity index (χ0n) is 31.4. The predicted octanol–water partition coefficient (Wildman–Crippen LogP) is 11.7. The van der Waals surface area contributed by atoms with E-state index in [0.29, 0.717) is 0 Å². The van der Waals surface area contributed by atoms with Crippen molar-refractivity contribution in [2.24, 2.45) is 5.41 Å². The molecule has 1 aromatic rings. The molecule has 360 valence electrons. The van der Waals surface area contributed by atoms with Crippen molar-refractivity contribution < 1.29 is 130 Å². The molecule has 0 radical (unpaired) electrons. The van der Waals surface area contributed by atoms with Crippen LogP contribution in [-0.4, -0.2) is 88.0 Å². The van der Waals surface area contributed by atoms with Crippen LogP contribution in [0.5, 0.6) is 0 Å². The fourth-order valence-electron chi connectivity index (χ4n) is 4.70. The molecule has 0 amide bonds. The summed E-state index contributed by atoms with van der Waals surface area (Å²) in [6.45, 7) is 5.38. The lowest BCUT2D eigenvalue weighted by atomic mass is 9.76. The average molecular weight is 955 g/mol. The van der Waals surface area contributed by atoms with Crippen LogP contribution < -0.4 is 0 Å². The van der Waals surface area contributed by atoms with Crippen LogP contribution in [0.25, 0.3) is 0 Å². The first-order valence-corrected chi connectivity index (χ1v) is 16.4. The first kappa shape index (κ1) is 57.9. The van der Waals surface area contributed by atoms with Crippen molar-refractivity contribution in [3.05, 3.63) is 34.9 Å². The molecule has 0 aromatic heterocycles. The SMILES string of the molecule is CCC(C)(C)C(=O)OC(CC(O)(C(F)(F)F)C(F)(F)F)CC(O)(C(F)(F)F)C(F)(F)F.CCC(C)c1cc(C(C)(C(F)(F)F)C(F)(F)F)cc(C(O)(C(F)(F)F)C(F)(F)F)c1. The van der Waals surface area contributed by atoms with E-state index in [1.54, 1.807) is 0 Å². The lowest BCUT2D eigenvalue weighted by Gasteiger charge is -2.39. The Hall–Kier alpha value is -3.11. The summed E-state index contributed by atoms with van der Waals surface area (Å²) in [5.41, 5.74) is -28.7. The van der Waals surface area contributed by atoms with Crippen LogP contribution in [0.15, 0.2) is 18.2 Å². The van der Waals surface area contributed by atoms with Crippen LogP contribution in [-0.2, 0) is 20.5 Å². The predicted molar refractivity (Wildman–Crippen MR) is 158 cm³/mol. The van der Waals surface area contributed by atoms with Crippen molar-refractivity contribution in [3.8, 4) is 0 Å². The second-order valence-electron chi connectivity index (χ2n) is 14.4. The molecule has 0 aliphatic carbocycles. The molecule has 61 heavy (non-hydrogen) atoms. The summed E-state index contributed by atoms with van der Waals surface area (Å²) >= 11 is 0. The van der Waals surface area contributed by atoms with Crippen LogP contribution in [0.4, 0.5) is 105 Å². The van der Waals surface area contributed by atoms with Gasteiger partial charge in [-0.3, -0.25) is 4.79 Å². The van der Waals surface area contributed by atoms with Crippen molar-refractivity contribution >= 4 is 5.97 Å². The first-order valence-electron chi connectivity index (χ1n) is 16.4. The standard InChI is InChI=1S/C17H16F12O.C15H18F12O4/c1-4-8(2)9-5-10(12(3,14(18,19)20)15(21,22)23)7-11(6-9)13(30,16(24,25)26)17(27,28)29;1-4-9(2,3)8(28)31-7(5-10(29,12(16,17)18)13(19,20)21)6-11(30,14(22,23)24)15(25,26)27/h5-8,30H,4H2,1-3H3;7,29-30H,4-6H2,1-3H3. The van der Waals surface area contributed by atoms with Gasteiger partial charge >= 0.3 is 55.4 Å². The second kappa shape index (κ2) is 17.5. The molecule has 0 aliphatic rings. The van der Waals surface area contributed by atoms with E-state index < -0.39 is 138 Å². The van der Waals surface area contributed by atoms with E-state index in [2.05, 4.69) is 4.74 Å². The second-order valence-corrected chi connectivity index (χ2v) is 14.4. The molecular weight excluding hydrogens is 920 g/mol. The Kier molecular flexibility index (Phi) is 16.6. The van der Waals surface area contributed by atoms with E-state index in [0.717, 1.165) is 13.8 Å². The van der Waals surface area contributed by atoms with Gasteiger partial charge in [-0.2, -0.15) is 105 Å². The normalized spacial score (nSPS) is 15.7. The van der Waals surface area contributed by atoms with Gasteiger partial charge in [0.25, 0.3) is 16.8 Å². The van der Waals surface area contributed by atoms with Gasteiger partial charge in [0.15, 0.2) is 5.41 Å². The molecule has 1 unspecified atom stereocenters. The topological polar surface area (TPSA) is 87.0 Å². The Balaban J connectivity index is 0.00000118. The Morgan fingerprint density at radius 1 is 0.525 bits per heavy atom. The molecule has 5 nitrogen and oxygen atoms in total. The molecule has 1 atom stereocenters. The number of carbonyl (C=O) groups excluding carboxylic acids is 1. The maximum Gasteiger partial charge on any atom is 0.430 e. The Bertz CT molecular complexity index is 1470. The highest BCUT2D eigenvalue weighted by atomic mass is 19.4. The highest BCUT2D eigenvalue weighted by molar-refractivity contribution is 5.76. The third kappa shape index (κ3) is 11.5. The monoisotopic (exact) mass is 954 g/mol. The molecule has 0 saturated heterocycles. The average Bonchev–Trinajstić information content (AvgIpc) is 3.02. The van der Waals surface area contributed by atoms with E-state index >= 15 is 0 Å². The number of halogens is 24. The highest BCUT2D eigenvalue weighted by Gasteiger charge is 2.75. The minimum Gasteiger partial charge on any atom is -0.462 e.